The van der Waals surface area contributed by atoms with Crippen molar-refractivity contribution in [2.24, 2.45) is 4.99 Å². The number of aryl methyl sites for hydroxylation is 2. The van der Waals surface area contributed by atoms with Crippen LogP contribution in [-0.2, 0) is 22.4 Å². The van der Waals surface area contributed by atoms with E-state index in [-0.39, 0.29) is 0 Å². The normalized spacial score (nSPS) is 19.9. The van der Waals surface area contributed by atoms with Crippen LogP contribution in [-0.4, -0.2) is 49.9 Å². The van der Waals surface area contributed by atoms with E-state index in [1.807, 2.05) is 18.0 Å². The highest BCUT2D eigenvalue weighted by Crippen LogP contribution is 2.36. The molecule has 0 N–H and O–H groups in total. The molecule has 0 unspecified atom stereocenters. The summed E-state index contributed by atoms with van der Waals surface area (Å²) in [5.74, 6) is 0.331. The van der Waals surface area contributed by atoms with Gasteiger partial charge in [-0.05, 0) is 80.3 Å². The lowest BCUT2D eigenvalue weighted by Gasteiger charge is -2.37. The van der Waals surface area contributed by atoms with Crippen molar-refractivity contribution < 1.29 is 9.53 Å². The third kappa shape index (κ3) is 4.49. The standard InChI is InChI=1S/C24H33N3O2/c1-3-26(2)24(25-21-10-4-5-11-21)29-22(17-28)16-18-14-19-8-6-12-27-13-7-9-20(15-18)23(19)27/h14-17,21H,3-13H2,1-2H3/b22-16+,25-24?. The average Bonchev–Trinajstić information content (AvgIpc) is 3.25. The van der Waals surface area contributed by atoms with Gasteiger partial charge < -0.3 is 14.5 Å². The molecule has 0 atom stereocenters. The molecule has 1 aliphatic carbocycles. The Kier molecular flexibility index (Phi) is 6.22. The molecule has 2 aliphatic heterocycles. The lowest BCUT2D eigenvalue weighted by Crippen LogP contribution is -2.34. The van der Waals surface area contributed by atoms with E-state index in [1.165, 1.54) is 55.6 Å². The molecule has 0 bridgehead atoms. The molecular formula is C24H33N3O2. The number of carbonyl (C=O) groups excluding carboxylic acids is 1. The van der Waals surface area contributed by atoms with E-state index >= 15 is 0 Å². The molecule has 5 heteroatoms. The second-order valence-electron chi connectivity index (χ2n) is 8.51. The number of carbonyl (C=O) groups is 1. The van der Waals surface area contributed by atoms with E-state index < -0.39 is 0 Å². The van der Waals surface area contributed by atoms with Gasteiger partial charge >= 0.3 is 0 Å². The summed E-state index contributed by atoms with van der Waals surface area (Å²) < 4.78 is 6.03. The van der Waals surface area contributed by atoms with Crippen LogP contribution in [0.2, 0.25) is 0 Å². The Morgan fingerprint density at radius 3 is 2.41 bits per heavy atom. The average molecular weight is 396 g/mol. The van der Waals surface area contributed by atoms with Crippen molar-refractivity contribution in [2.45, 2.75) is 64.3 Å². The number of amidine groups is 1. The van der Waals surface area contributed by atoms with Gasteiger partial charge in [0.2, 0.25) is 0 Å². The number of nitrogens with zero attached hydrogens (tertiary/aromatic N) is 3. The van der Waals surface area contributed by atoms with Crippen LogP contribution in [0.3, 0.4) is 0 Å². The molecule has 4 rings (SSSR count). The molecular weight excluding hydrogens is 362 g/mol. The van der Waals surface area contributed by atoms with Crippen LogP contribution >= 0.6 is 0 Å². The first-order valence-corrected chi connectivity index (χ1v) is 11.2. The number of rotatable bonds is 5. The Balaban J connectivity index is 1.60. The second kappa shape index (κ2) is 9.02. The van der Waals surface area contributed by atoms with E-state index in [2.05, 4.69) is 24.0 Å². The van der Waals surface area contributed by atoms with Crippen molar-refractivity contribution in [3.8, 4) is 0 Å². The molecule has 5 nitrogen and oxygen atoms in total. The lowest BCUT2D eigenvalue weighted by molar-refractivity contribution is -0.106. The van der Waals surface area contributed by atoms with Gasteiger partial charge in [-0.2, -0.15) is 0 Å². The number of aliphatic imine (C=N–C) groups is 1. The maximum Gasteiger partial charge on any atom is 0.292 e. The number of aldehydes is 1. The van der Waals surface area contributed by atoms with E-state index in [1.54, 1.807) is 0 Å². The highest BCUT2D eigenvalue weighted by atomic mass is 16.5. The van der Waals surface area contributed by atoms with Crippen LogP contribution in [0.1, 0.15) is 62.1 Å². The van der Waals surface area contributed by atoms with Crippen molar-refractivity contribution in [2.75, 3.05) is 31.6 Å². The van der Waals surface area contributed by atoms with Crippen LogP contribution in [0.5, 0.6) is 0 Å². The van der Waals surface area contributed by atoms with Crippen molar-refractivity contribution in [1.29, 1.82) is 0 Å². The van der Waals surface area contributed by atoms with Crippen LogP contribution in [0, 0.1) is 0 Å². The molecule has 0 aromatic heterocycles. The highest BCUT2D eigenvalue weighted by Gasteiger charge is 2.24. The molecule has 1 fully saturated rings. The molecule has 0 saturated heterocycles. The van der Waals surface area contributed by atoms with Gasteiger partial charge in [-0.3, -0.25) is 4.79 Å². The lowest BCUT2D eigenvalue weighted by atomic mass is 9.90. The number of ether oxygens (including phenoxy) is 1. The quantitative estimate of drug-likeness (QED) is 0.247. The summed E-state index contributed by atoms with van der Waals surface area (Å²) in [5.41, 5.74) is 5.33. The minimum absolute atomic E-state index is 0.311. The number of allylic oxidation sites excluding steroid dienone is 1. The van der Waals surface area contributed by atoms with Gasteiger partial charge in [0.05, 0.1) is 6.04 Å². The third-order valence-electron chi connectivity index (χ3n) is 6.41. The fourth-order valence-corrected chi connectivity index (χ4v) is 4.80. The minimum Gasteiger partial charge on any atom is -0.422 e. The van der Waals surface area contributed by atoms with Crippen molar-refractivity contribution >= 4 is 24.1 Å². The highest BCUT2D eigenvalue weighted by molar-refractivity contribution is 5.86. The van der Waals surface area contributed by atoms with Gasteiger partial charge in [0.15, 0.2) is 12.0 Å². The van der Waals surface area contributed by atoms with E-state index in [0.29, 0.717) is 17.8 Å². The van der Waals surface area contributed by atoms with Gasteiger partial charge in [-0.25, -0.2) is 4.99 Å². The fraction of sp³-hybridized carbons (Fsp3) is 0.583. The van der Waals surface area contributed by atoms with Crippen molar-refractivity contribution in [1.82, 2.24) is 4.90 Å². The number of hydrogen-bond donors (Lipinski definition) is 0. The summed E-state index contributed by atoms with van der Waals surface area (Å²) in [7, 11) is 1.97. The van der Waals surface area contributed by atoms with Gasteiger partial charge in [0, 0.05) is 32.4 Å². The van der Waals surface area contributed by atoms with Crippen molar-refractivity contribution in [3.05, 3.63) is 34.6 Å². The SMILES string of the molecule is CCN(C)C(=NC1CCCC1)O/C(C=O)=C/c1cc2c3c(c1)CCCN3CCC2. The first-order chi connectivity index (χ1) is 14.2. The Labute approximate surface area is 174 Å². The molecule has 0 radical (unpaired) electrons. The summed E-state index contributed by atoms with van der Waals surface area (Å²) in [5, 5.41) is 0. The smallest absolute Gasteiger partial charge is 0.292 e. The molecule has 3 aliphatic rings. The zero-order valence-electron chi connectivity index (χ0n) is 17.8. The summed E-state index contributed by atoms with van der Waals surface area (Å²) in [6.45, 7) is 5.19. The van der Waals surface area contributed by atoms with Gasteiger partial charge in [0.1, 0.15) is 0 Å². The molecule has 1 saturated carbocycles. The fourth-order valence-electron chi connectivity index (χ4n) is 4.80. The molecule has 0 amide bonds. The van der Waals surface area contributed by atoms with E-state index in [9.17, 15) is 4.79 Å². The topological polar surface area (TPSA) is 45.1 Å². The first-order valence-electron chi connectivity index (χ1n) is 11.2. The van der Waals surface area contributed by atoms with E-state index in [0.717, 1.165) is 44.1 Å². The Bertz CT molecular complexity index is 777. The second-order valence-corrected chi connectivity index (χ2v) is 8.51. The minimum atomic E-state index is 0.311. The van der Waals surface area contributed by atoms with E-state index in [4.69, 9.17) is 9.73 Å². The maximum atomic E-state index is 11.8. The summed E-state index contributed by atoms with van der Waals surface area (Å²) in [4.78, 5) is 21.1. The van der Waals surface area contributed by atoms with Gasteiger partial charge in [-0.15, -0.1) is 0 Å². The molecule has 1 aromatic carbocycles. The predicted octanol–water partition coefficient (Wildman–Crippen LogP) is 4.19. The van der Waals surface area contributed by atoms with Crippen LogP contribution in [0.25, 0.3) is 6.08 Å². The number of anilines is 1. The van der Waals surface area contributed by atoms with Crippen molar-refractivity contribution in [3.63, 3.8) is 0 Å². The molecule has 29 heavy (non-hydrogen) atoms. The predicted molar refractivity (Wildman–Crippen MR) is 118 cm³/mol. The molecule has 0 spiro atoms. The first kappa shape index (κ1) is 20.0. The Morgan fingerprint density at radius 1 is 1.17 bits per heavy atom. The summed E-state index contributed by atoms with van der Waals surface area (Å²) >= 11 is 0. The summed E-state index contributed by atoms with van der Waals surface area (Å²) in [6, 6.07) is 5.34. The summed E-state index contributed by atoms with van der Waals surface area (Å²) in [6.07, 6.45) is 12.0. The Morgan fingerprint density at radius 2 is 1.83 bits per heavy atom. The molecule has 156 valence electrons. The molecule has 1 aromatic rings. The third-order valence-corrected chi connectivity index (χ3v) is 6.41. The van der Waals surface area contributed by atoms with Crippen LogP contribution in [0.4, 0.5) is 5.69 Å². The van der Waals surface area contributed by atoms with Gasteiger partial charge in [-0.1, -0.05) is 12.8 Å². The van der Waals surface area contributed by atoms with Crippen LogP contribution in [0.15, 0.2) is 22.9 Å². The van der Waals surface area contributed by atoms with Crippen LogP contribution < -0.4 is 4.90 Å². The Hall–Kier alpha value is -2.30. The van der Waals surface area contributed by atoms with Gasteiger partial charge in [0.25, 0.3) is 6.02 Å². The zero-order valence-corrected chi connectivity index (χ0v) is 17.8. The molecule has 2 heterocycles. The number of hydrogen-bond acceptors (Lipinski definition) is 4. The number of benzene rings is 1. The monoisotopic (exact) mass is 395 g/mol. The maximum absolute atomic E-state index is 11.8. The largest absolute Gasteiger partial charge is 0.422 e. The zero-order chi connectivity index (χ0) is 20.2.